The molecule has 1 unspecified atom stereocenters. The number of anilines is 1. The van der Waals surface area contributed by atoms with Crippen molar-refractivity contribution in [1.29, 1.82) is 0 Å². The first-order chi connectivity index (χ1) is 15.7. The Hall–Kier alpha value is -2.94. The number of fused-ring (bicyclic) bond motifs is 1. The van der Waals surface area contributed by atoms with E-state index in [1.807, 2.05) is 0 Å². The van der Waals surface area contributed by atoms with Gasteiger partial charge in [-0.05, 0) is 42.0 Å². The Kier molecular flexibility index (Phi) is 6.18. The van der Waals surface area contributed by atoms with Gasteiger partial charge in [0.05, 0.1) is 24.1 Å². The number of carbonyl (C=O) groups is 2. The van der Waals surface area contributed by atoms with Crippen LogP contribution in [0.5, 0.6) is 0 Å². The van der Waals surface area contributed by atoms with Crippen LogP contribution in [0, 0.1) is 0 Å². The number of ketones is 1. The molecule has 0 N–H and O–H groups in total. The third-order valence-corrected chi connectivity index (χ3v) is 7.83. The number of hydrogen-bond donors (Lipinski definition) is 0. The Labute approximate surface area is 201 Å². The van der Waals surface area contributed by atoms with E-state index in [1.54, 1.807) is 30.3 Å². The first kappa shape index (κ1) is 23.2. The van der Waals surface area contributed by atoms with Gasteiger partial charge in [-0.25, -0.2) is 8.42 Å². The molecular formula is C23H18Cl2N2O5S. The normalized spacial score (nSPS) is 17.5. The highest BCUT2D eigenvalue weighted by atomic mass is 35.5. The van der Waals surface area contributed by atoms with E-state index < -0.39 is 33.7 Å². The first-order valence-corrected chi connectivity index (χ1v) is 12.0. The standard InChI is InChI=1S/C23H18Cl2N2O5S/c1-32-21(28)14-23(22(29)19-11-17(25)9-10-26-19)13-15-7-8-16(24)12-20(15)27(23)33(30,31)18-5-3-2-4-6-18/h2-12H,13-14H2,1H3. The van der Waals surface area contributed by atoms with Gasteiger partial charge in [-0.15, -0.1) is 0 Å². The van der Waals surface area contributed by atoms with Gasteiger partial charge in [0.15, 0.2) is 0 Å². The average molecular weight is 505 g/mol. The van der Waals surface area contributed by atoms with Crippen molar-refractivity contribution in [3.8, 4) is 0 Å². The first-order valence-electron chi connectivity index (χ1n) is 9.81. The number of benzene rings is 2. The van der Waals surface area contributed by atoms with Crippen molar-refractivity contribution in [3.63, 3.8) is 0 Å². The second-order valence-electron chi connectivity index (χ2n) is 7.51. The maximum absolute atomic E-state index is 13.9. The summed E-state index contributed by atoms with van der Waals surface area (Å²) in [5.74, 6) is -1.43. The molecular weight excluding hydrogens is 487 g/mol. The van der Waals surface area contributed by atoms with Crippen LogP contribution in [0.3, 0.4) is 0 Å². The molecule has 3 aromatic rings. The molecule has 0 saturated heterocycles. The van der Waals surface area contributed by atoms with E-state index >= 15 is 0 Å². The maximum Gasteiger partial charge on any atom is 0.308 e. The van der Waals surface area contributed by atoms with Gasteiger partial charge in [-0.1, -0.05) is 47.5 Å². The molecule has 1 atom stereocenters. The number of nitrogens with zero attached hydrogens (tertiary/aromatic N) is 2. The van der Waals surface area contributed by atoms with Crippen LogP contribution in [0.1, 0.15) is 22.5 Å². The minimum absolute atomic E-state index is 0.0427. The van der Waals surface area contributed by atoms with Crippen LogP contribution in [-0.4, -0.2) is 37.8 Å². The van der Waals surface area contributed by atoms with Gasteiger partial charge in [0.25, 0.3) is 10.0 Å². The van der Waals surface area contributed by atoms with Crippen LogP contribution < -0.4 is 4.31 Å². The van der Waals surface area contributed by atoms with Gasteiger partial charge < -0.3 is 4.74 Å². The summed E-state index contributed by atoms with van der Waals surface area (Å²) in [6.07, 6.45) is 0.735. The molecule has 33 heavy (non-hydrogen) atoms. The summed E-state index contributed by atoms with van der Waals surface area (Å²) in [7, 11) is -3.13. The fourth-order valence-corrected chi connectivity index (χ4v) is 6.15. The lowest BCUT2D eigenvalue weighted by Crippen LogP contribution is -2.57. The quantitative estimate of drug-likeness (QED) is 0.366. The predicted molar refractivity (Wildman–Crippen MR) is 124 cm³/mol. The van der Waals surface area contributed by atoms with E-state index in [0.717, 1.165) is 4.31 Å². The van der Waals surface area contributed by atoms with E-state index in [1.165, 1.54) is 43.6 Å². The molecule has 0 radical (unpaired) electrons. The Balaban J connectivity index is 2.01. The minimum atomic E-state index is -4.31. The van der Waals surface area contributed by atoms with Gasteiger partial charge in [0, 0.05) is 22.7 Å². The van der Waals surface area contributed by atoms with E-state index in [2.05, 4.69) is 4.98 Å². The largest absolute Gasteiger partial charge is 0.469 e. The fraction of sp³-hybridized carbons (Fsp3) is 0.174. The smallest absolute Gasteiger partial charge is 0.308 e. The number of rotatable bonds is 6. The number of carbonyl (C=O) groups excluding carboxylic acids is 2. The number of esters is 1. The van der Waals surface area contributed by atoms with Crippen molar-refractivity contribution in [3.05, 3.63) is 88.2 Å². The number of pyridine rings is 1. The molecule has 1 aromatic heterocycles. The highest BCUT2D eigenvalue weighted by molar-refractivity contribution is 7.93. The monoisotopic (exact) mass is 504 g/mol. The minimum Gasteiger partial charge on any atom is -0.469 e. The number of Topliss-reactive ketones (excluding diaryl/α,β-unsaturated/α-hetero) is 1. The van der Waals surface area contributed by atoms with Crippen molar-refractivity contribution in [2.45, 2.75) is 23.3 Å². The summed E-state index contributed by atoms with van der Waals surface area (Å²) in [6, 6.07) is 15.2. The molecule has 2 heterocycles. The van der Waals surface area contributed by atoms with Crippen molar-refractivity contribution < 1.29 is 22.7 Å². The zero-order chi connectivity index (χ0) is 23.8. The molecule has 10 heteroatoms. The van der Waals surface area contributed by atoms with Crippen molar-refractivity contribution >= 4 is 50.7 Å². The van der Waals surface area contributed by atoms with E-state index in [-0.39, 0.29) is 32.7 Å². The summed E-state index contributed by atoms with van der Waals surface area (Å²) in [5, 5.41) is 0.529. The van der Waals surface area contributed by atoms with Gasteiger partial charge in [-0.3, -0.25) is 18.9 Å². The molecule has 2 aromatic carbocycles. The third-order valence-electron chi connectivity index (χ3n) is 5.46. The highest BCUT2D eigenvalue weighted by Gasteiger charge is 2.56. The Bertz CT molecular complexity index is 1350. The number of hydrogen-bond acceptors (Lipinski definition) is 6. The molecule has 1 aliphatic rings. The number of ether oxygens (including phenoxy) is 1. The third kappa shape index (κ3) is 4.10. The van der Waals surface area contributed by atoms with Crippen LogP contribution >= 0.6 is 23.2 Å². The van der Waals surface area contributed by atoms with Crippen molar-refractivity contribution in [2.75, 3.05) is 11.4 Å². The lowest BCUT2D eigenvalue weighted by atomic mass is 9.85. The fourth-order valence-electron chi connectivity index (χ4n) is 4.02. The predicted octanol–water partition coefficient (Wildman–Crippen LogP) is 4.32. The Morgan fingerprint density at radius 2 is 1.76 bits per heavy atom. The molecule has 1 aliphatic heterocycles. The summed E-state index contributed by atoms with van der Waals surface area (Å²) < 4.78 is 33.7. The average Bonchev–Trinajstić information content (AvgIpc) is 3.13. The zero-order valence-corrected chi connectivity index (χ0v) is 19.7. The summed E-state index contributed by atoms with van der Waals surface area (Å²) in [5.41, 5.74) is -1.19. The van der Waals surface area contributed by atoms with E-state index in [0.29, 0.717) is 5.56 Å². The zero-order valence-electron chi connectivity index (χ0n) is 17.4. The maximum atomic E-state index is 13.9. The van der Waals surface area contributed by atoms with Gasteiger partial charge in [0.1, 0.15) is 11.2 Å². The Morgan fingerprint density at radius 1 is 1.06 bits per heavy atom. The van der Waals surface area contributed by atoms with Crippen LogP contribution in [0.15, 0.2) is 71.8 Å². The summed E-state index contributed by atoms with van der Waals surface area (Å²) in [6.45, 7) is 0. The van der Waals surface area contributed by atoms with Crippen LogP contribution in [0.4, 0.5) is 5.69 Å². The van der Waals surface area contributed by atoms with Crippen molar-refractivity contribution in [2.24, 2.45) is 0 Å². The van der Waals surface area contributed by atoms with Crippen molar-refractivity contribution in [1.82, 2.24) is 4.98 Å². The topological polar surface area (TPSA) is 93.6 Å². The van der Waals surface area contributed by atoms with E-state index in [4.69, 9.17) is 27.9 Å². The van der Waals surface area contributed by atoms with Crippen LogP contribution in [0.25, 0.3) is 0 Å². The number of sulfonamides is 1. The van der Waals surface area contributed by atoms with Gasteiger partial charge in [-0.2, -0.15) is 0 Å². The summed E-state index contributed by atoms with van der Waals surface area (Å²) >= 11 is 12.3. The molecule has 4 rings (SSSR count). The molecule has 0 spiro atoms. The van der Waals surface area contributed by atoms with Crippen LogP contribution in [0.2, 0.25) is 10.0 Å². The van der Waals surface area contributed by atoms with Crippen LogP contribution in [-0.2, 0) is 26.0 Å². The molecule has 7 nitrogen and oxygen atoms in total. The van der Waals surface area contributed by atoms with E-state index in [9.17, 15) is 18.0 Å². The SMILES string of the molecule is COC(=O)CC1(C(=O)c2cc(Cl)ccn2)Cc2ccc(Cl)cc2N1S(=O)(=O)c1ccccc1. The molecule has 0 aliphatic carbocycles. The lowest BCUT2D eigenvalue weighted by molar-refractivity contribution is -0.141. The second kappa shape index (κ2) is 8.78. The number of aromatic nitrogens is 1. The Morgan fingerprint density at radius 3 is 2.42 bits per heavy atom. The summed E-state index contributed by atoms with van der Waals surface area (Å²) in [4.78, 5) is 30.5. The van der Waals surface area contributed by atoms with Gasteiger partial charge >= 0.3 is 5.97 Å². The molecule has 0 saturated carbocycles. The number of halogens is 2. The molecule has 0 amide bonds. The molecule has 170 valence electrons. The molecule has 0 bridgehead atoms. The lowest BCUT2D eigenvalue weighted by Gasteiger charge is -2.37. The number of methoxy groups -OCH3 is 1. The molecule has 0 fully saturated rings. The van der Waals surface area contributed by atoms with Gasteiger partial charge in [0.2, 0.25) is 5.78 Å². The second-order valence-corrected chi connectivity index (χ2v) is 10.2. The highest BCUT2D eigenvalue weighted by Crippen LogP contribution is 2.47.